The molecular formula is C10H17FN4O2S. The molecule has 1 aromatic heterocycles. The van der Waals surface area contributed by atoms with Gasteiger partial charge in [-0.25, -0.2) is 9.07 Å². The molecule has 6 nitrogen and oxygen atoms in total. The highest BCUT2D eigenvalue weighted by molar-refractivity contribution is 7.90. The Kier molecular flexibility index (Phi) is 3.58. The molecule has 0 bridgehead atoms. The quantitative estimate of drug-likeness (QED) is 0.895. The van der Waals surface area contributed by atoms with Crippen molar-refractivity contribution in [2.24, 2.45) is 7.05 Å². The molecule has 1 aliphatic rings. The van der Waals surface area contributed by atoms with Crippen LogP contribution in [0.25, 0.3) is 0 Å². The Hall–Kier alpha value is -1.15. The van der Waals surface area contributed by atoms with Crippen LogP contribution in [-0.4, -0.2) is 35.6 Å². The van der Waals surface area contributed by atoms with Crippen molar-refractivity contribution in [1.29, 1.82) is 0 Å². The lowest BCUT2D eigenvalue weighted by Gasteiger charge is -2.23. The SMILES string of the molecule is CN(C1CCCC1)S(=O)(=O)Nc1c(F)cnn1C. The first kappa shape index (κ1) is 13.3. The van der Waals surface area contributed by atoms with Crippen LogP contribution >= 0.6 is 0 Å². The maximum Gasteiger partial charge on any atom is 0.302 e. The smallest absolute Gasteiger partial charge is 0.252 e. The van der Waals surface area contributed by atoms with Crippen LogP contribution in [0.2, 0.25) is 0 Å². The molecule has 1 aliphatic carbocycles. The Morgan fingerprint density at radius 1 is 1.50 bits per heavy atom. The van der Waals surface area contributed by atoms with Crippen molar-refractivity contribution in [3.63, 3.8) is 0 Å². The minimum absolute atomic E-state index is 0.00112. The fourth-order valence-corrected chi connectivity index (χ4v) is 3.41. The molecule has 0 unspecified atom stereocenters. The summed E-state index contributed by atoms with van der Waals surface area (Å²) in [7, 11) is -0.726. The highest BCUT2D eigenvalue weighted by atomic mass is 32.2. The van der Waals surface area contributed by atoms with Crippen LogP contribution in [0.4, 0.5) is 10.2 Å². The number of anilines is 1. The van der Waals surface area contributed by atoms with Gasteiger partial charge in [0.15, 0.2) is 11.6 Å². The maximum atomic E-state index is 13.4. The van der Waals surface area contributed by atoms with Gasteiger partial charge in [0.25, 0.3) is 0 Å². The second-order valence-corrected chi connectivity index (χ2v) is 6.26. The lowest BCUT2D eigenvalue weighted by atomic mass is 10.3. The third kappa shape index (κ3) is 2.49. The van der Waals surface area contributed by atoms with Crippen LogP contribution < -0.4 is 4.72 Å². The minimum Gasteiger partial charge on any atom is -0.252 e. The third-order valence-electron chi connectivity index (χ3n) is 3.34. The van der Waals surface area contributed by atoms with Gasteiger partial charge in [0.2, 0.25) is 0 Å². The van der Waals surface area contributed by atoms with Gasteiger partial charge in [-0.05, 0) is 12.8 Å². The number of aryl methyl sites for hydroxylation is 1. The lowest BCUT2D eigenvalue weighted by molar-refractivity contribution is 0.375. The van der Waals surface area contributed by atoms with Gasteiger partial charge in [-0.3, -0.25) is 4.72 Å². The van der Waals surface area contributed by atoms with E-state index < -0.39 is 16.0 Å². The number of hydrogen-bond acceptors (Lipinski definition) is 3. The highest BCUT2D eigenvalue weighted by Gasteiger charge is 2.29. The molecule has 1 saturated carbocycles. The average Bonchev–Trinajstić information content (AvgIpc) is 2.93. The fraction of sp³-hybridized carbons (Fsp3) is 0.700. The summed E-state index contributed by atoms with van der Waals surface area (Å²) in [5.74, 6) is -0.819. The van der Waals surface area contributed by atoms with E-state index in [2.05, 4.69) is 9.82 Å². The topological polar surface area (TPSA) is 67.2 Å². The summed E-state index contributed by atoms with van der Waals surface area (Å²) in [6.45, 7) is 0. The Bertz CT molecular complexity index is 502. The first-order valence-corrected chi connectivity index (χ1v) is 7.29. The summed E-state index contributed by atoms with van der Waals surface area (Å²) in [5.41, 5.74) is 0. The molecule has 0 spiro atoms. The molecule has 0 atom stereocenters. The number of hydrogen-bond donors (Lipinski definition) is 1. The van der Waals surface area contributed by atoms with Crippen LogP contribution in [-0.2, 0) is 17.3 Å². The molecule has 1 aromatic rings. The van der Waals surface area contributed by atoms with E-state index in [1.807, 2.05) is 0 Å². The van der Waals surface area contributed by atoms with Crippen molar-refractivity contribution < 1.29 is 12.8 Å². The molecule has 0 amide bonds. The van der Waals surface area contributed by atoms with Gasteiger partial charge >= 0.3 is 10.2 Å². The van der Waals surface area contributed by atoms with E-state index >= 15 is 0 Å². The largest absolute Gasteiger partial charge is 0.302 e. The van der Waals surface area contributed by atoms with E-state index in [4.69, 9.17) is 0 Å². The molecule has 1 N–H and O–H groups in total. The molecule has 0 saturated heterocycles. The van der Waals surface area contributed by atoms with Gasteiger partial charge in [-0.15, -0.1) is 0 Å². The molecule has 8 heteroatoms. The number of aromatic nitrogens is 2. The second-order valence-electron chi connectivity index (χ2n) is 4.53. The van der Waals surface area contributed by atoms with Crippen molar-refractivity contribution >= 4 is 16.0 Å². The van der Waals surface area contributed by atoms with Crippen LogP contribution in [0.3, 0.4) is 0 Å². The Balaban J connectivity index is 2.16. The number of halogens is 1. The van der Waals surface area contributed by atoms with Crippen molar-refractivity contribution in [3.05, 3.63) is 12.0 Å². The lowest BCUT2D eigenvalue weighted by Crippen LogP contribution is -2.39. The zero-order valence-corrected chi connectivity index (χ0v) is 11.2. The van der Waals surface area contributed by atoms with Gasteiger partial charge in [-0.2, -0.15) is 17.8 Å². The molecule has 2 rings (SSSR count). The third-order valence-corrected chi connectivity index (χ3v) is 4.85. The fourth-order valence-electron chi connectivity index (χ4n) is 2.18. The summed E-state index contributed by atoms with van der Waals surface area (Å²) in [6.07, 6.45) is 4.75. The van der Waals surface area contributed by atoms with Crippen molar-refractivity contribution in [2.75, 3.05) is 11.8 Å². The highest BCUT2D eigenvalue weighted by Crippen LogP contribution is 2.25. The standard InChI is InChI=1S/C10H17FN4O2S/c1-14-10(9(11)7-12-14)13-18(16,17)15(2)8-5-3-4-6-8/h7-8,13H,3-6H2,1-2H3. The zero-order chi connectivity index (χ0) is 13.3. The normalized spacial score (nSPS) is 17.6. The second kappa shape index (κ2) is 4.85. The first-order valence-electron chi connectivity index (χ1n) is 5.85. The molecule has 18 heavy (non-hydrogen) atoms. The van der Waals surface area contributed by atoms with E-state index in [0.717, 1.165) is 36.6 Å². The average molecular weight is 276 g/mol. The molecule has 0 aromatic carbocycles. The Labute approximate surface area is 106 Å². The van der Waals surface area contributed by atoms with Crippen molar-refractivity contribution in [3.8, 4) is 0 Å². The maximum absolute atomic E-state index is 13.4. The van der Waals surface area contributed by atoms with Crippen LogP contribution in [0, 0.1) is 5.82 Å². The molecule has 0 radical (unpaired) electrons. The number of rotatable bonds is 4. The summed E-state index contributed by atoms with van der Waals surface area (Å²) >= 11 is 0. The predicted molar refractivity (Wildman–Crippen MR) is 65.7 cm³/mol. The van der Waals surface area contributed by atoms with Gasteiger partial charge in [0.05, 0.1) is 6.20 Å². The summed E-state index contributed by atoms with van der Waals surface area (Å²) in [4.78, 5) is 0. The first-order chi connectivity index (χ1) is 8.42. The summed E-state index contributed by atoms with van der Waals surface area (Å²) in [5, 5.41) is 3.65. The Morgan fingerprint density at radius 2 is 2.11 bits per heavy atom. The van der Waals surface area contributed by atoms with Gasteiger partial charge < -0.3 is 0 Å². The van der Waals surface area contributed by atoms with E-state index in [0.29, 0.717) is 0 Å². The summed E-state index contributed by atoms with van der Waals surface area (Å²) < 4.78 is 42.2. The monoisotopic (exact) mass is 276 g/mol. The molecular weight excluding hydrogens is 259 g/mol. The van der Waals surface area contributed by atoms with Crippen molar-refractivity contribution in [2.45, 2.75) is 31.7 Å². The summed E-state index contributed by atoms with van der Waals surface area (Å²) in [6, 6.07) is -0.00112. The molecule has 1 fully saturated rings. The van der Waals surface area contributed by atoms with Crippen LogP contribution in [0.5, 0.6) is 0 Å². The minimum atomic E-state index is -3.73. The van der Waals surface area contributed by atoms with E-state index in [1.54, 1.807) is 0 Å². The van der Waals surface area contributed by atoms with Crippen LogP contribution in [0.15, 0.2) is 6.20 Å². The molecule has 1 heterocycles. The van der Waals surface area contributed by atoms with Gasteiger partial charge in [0.1, 0.15) is 0 Å². The number of nitrogens with one attached hydrogen (secondary N) is 1. The van der Waals surface area contributed by atoms with Gasteiger partial charge in [-0.1, -0.05) is 12.8 Å². The van der Waals surface area contributed by atoms with Crippen LogP contribution in [0.1, 0.15) is 25.7 Å². The van der Waals surface area contributed by atoms with E-state index in [-0.39, 0.29) is 11.9 Å². The number of nitrogens with zero attached hydrogens (tertiary/aromatic N) is 3. The van der Waals surface area contributed by atoms with Gasteiger partial charge in [0, 0.05) is 20.1 Å². The van der Waals surface area contributed by atoms with E-state index in [9.17, 15) is 12.8 Å². The molecule has 102 valence electrons. The molecule has 0 aliphatic heterocycles. The predicted octanol–water partition coefficient (Wildman–Crippen LogP) is 1.09. The van der Waals surface area contributed by atoms with Crippen molar-refractivity contribution in [1.82, 2.24) is 14.1 Å². The Morgan fingerprint density at radius 3 is 2.61 bits per heavy atom. The van der Waals surface area contributed by atoms with E-state index in [1.165, 1.54) is 18.4 Å². The zero-order valence-electron chi connectivity index (χ0n) is 10.4.